The van der Waals surface area contributed by atoms with E-state index in [1.54, 1.807) is 6.92 Å². The van der Waals surface area contributed by atoms with Crippen LogP contribution in [0.3, 0.4) is 0 Å². The number of rotatable bonds is 6. The molecule has 0 radical (unpaired) electrons. The molecule has 2 aromatic rings. The van der Waals surface area contributed by atoms with Crippen LogP contribution < -0.4 is 4.72 Å². The highest BCUT2D eigenvalue weighted by molar-refractivity contribution is 7.92. The summed E-state index contributed by atoms with van der Waals surface area (Å²) < 4.78 is 42.1. The third kappa shape index (κ3) is 4.72. The van der Waals surface area contributed by atoms with Crippen molar-refractivity contribution in [3.05, 3.63) is 58.7 Å². The number of hydrogen-bond acceptors (Lipinski definition) is 8. The number of sulfonamides is 1. The molecule has 29 heavy (non-hydrogen) atoms. The maximum atomic E-state index is 13.0. The van der Waals surface area contributed by atoms with Crippen LogP contribution in [0.2, 0.25) is 0 Å². The van der Waals surface area contributed by atoms with E-state index in [4.69, 9.17) is 0 Å². The van der Waals surface area contributed by atoms with Gasteiger partial charge in [0.25, 0.3) is 10.0 Å². The number of hydrogen-bond donors (Lipinski definition) is 1. The van der Waals surface area contributed by atoms with Crippen LogP contribution in [0.15, 0.2) is 41.3 Å². The zero-order valence-corrected chi connectivity index (χ0v) is 17.0. The maximum Gasteiger partial charge on any atom is 0.339 e. The SMILES string of the molecule is COC(=O)c1ccc(NS(=O)(=O)c2cc(C(=O)OC)ccc2C(=O)OC)c(C)c1. The summed E-state index contributed by atoms with van der Waals surface area (Å²) in [6.07, 6.45) is 0. The number of carbonyl (C=O) groups is 3. The van der Waals surface area contributed by atoms with Crippen molar-refractivity contribution in [3.63, 3.8) is 0 Å². The van der Waals surface area contributed by atoms with Gasteiger partial charge in [-0.2, -0.15) is 0 Å². The summed E-state index contributed by atoms with van der Waals surface area (Å²) in [4.78, 5) is 35.0. The van der Waals surface area contributed by atoms with Gasteiger partial charge >= 0.3 is 17.9 Å². The van der Waals surface area contributed by atoms with E-state index in [1.807, 2.05) is 0 Å². The zero-order valence-electron chi connectivity index (χ0n) is 16.1. The van der Waals surface area contributed by atoms with E-state index in [1.165, 1.54) is 37.4 Å². The Balaban J connectivity index is 2.53. The van der Waals surface area contributed by atoms with Crippen LogP contribution in [0.4, 0.5) is 5.69 Å². The lowest BCUT2D eigenvalue weighted by Gasteiger charge is -2.14. The number of nitrogens with one attached hydrogen (secondary N) is 1. The van der Waals surface area contributed by atoms with E-state index < -0.39 is 32.8 Å². The van der Waals surface area contributed by atoms with Crippen LogP contribution in [0.1, 0.15) is 36.6 Å². The fourth-order valence-corrected chi connectivity index (χ4v) is 3.84. The number of carbonyl (C=O) groups excluding carboxylic acids is 3. The summed E-state index contributed by atoms with van der Waals surface area (Å²) in [5.41, 5.74) is 0.558. The van der Waals surface area contributed by atoms with Crippen molar-refractivity contribution < 1.29 is 37.0 Å². The molecular weight excluding hydrogens is 402 g/mol. The molecule has 1 N–H and O–H groups in total. The number of ether oxygens (including phenoxy) is 3. The highest BCUT2D eigenvalue weighted by Gasteiger charge is 2.26. The lowest BCUT2D eigenvalue weighted by Crippen LogP contribution is -2.19. The lowest BCUT2D eigenvalue weighted by atomic mass is 10.1. The summed E-state index contributed by atoms with van der Waals surface area (Å²) >= 11 is 0. The fraction of sp³-hybridized carbons (Fsp3) is 0.211. The maximum absolute atomic E-state index is 13.0. The molecule has 0 heterocycles. The lowest BCUT2D eigenvalue weighted by molar-refractivity contribution is 0.0583. The Kier molecular flexibility index (Phi) is 6.60. The van der Waals surface area contributed by atoms with E-state index in [0.29, 0.717) is 5.56 Å². The van der Waals surface area contributed by atoms with Gasteiger partial charge in [0, 0.05) is 0 Å². The Morgan fingerprint density at radius 1 is 0.793 bits per heavy atom. The Morgan fingerprint density at radius 3 is 1.83 bits per heavy atom. The highest BCUT2D eigenvalue weighted by Crippen LogP contribution is 2.25. The van der Waals surface area contributed by atoms with Gasteiger partial charge in [0.2, 0.25) is 0 Å². The molecule has 0 fully saturated rings. The minimum atomic E-state index is -4.30. The predicted octanol–water partition coefficient (Wildman–Crippen LogP) is 2.16. The van der Waals surface area contributed by atoms with Gasteiger partial charge in [0.05, 0.1) is 43.7 Å². The van der Waals surface area contributed by atoms with E-state index in [0.717, 1.165) is 20.3 Å². The Labute approximate surface area is 167 Å². The molecule has 9 nitrogen and oxygen atoms in total. The number of anilines is 1. The first-order valence-corrected chi connectivity index (χ1v) is 9.65. The molecule has 0 atom stereocenters. The summed E-state index contributed by atoms with van der Waals surface area (Å²) in [5, 5.41) is 0. The molecule has 0 aliphatic carbocycles. The Hall–Kier alpha value is -3.40. The van der Waals surface area contributed by atoms with Gasteiger partial charge in [0.15, 0.2) is 0 Å². The Morgan fingerprint density at radius 2 is 1.31 bits per heavy atom. The molecule has 0 unspecified atom stereocenters. The second kappa shape index (κ2) is 8.74. The molecular formula is C19H19NO8S. The largest absolute Gasteiger partial charge is 0.465 e. The van der Waals surface area contributed by atoms with Crippen LogP contribution in [0.25, 0.3) is 0 Å². The van der Waals surface area contributed by atoms with Crippen LogP contribution in [-0.2, 0) is 24.2 Å². The fourth-order valence-electron chi connectivity index (χ4n) is 2.49. The molecule has 10 heteroatoms. The minimum absolute atomic E-state index is 0.0571. The normalized spacial score (nSPS) is 10.8. The highest BCUT2D eigenvalue weighted by atomic mass is 32.2. The van der Waals surface area contributed by atoms with Crippen LogP contribution in [0.5, 0.6) is 0 Å². The first kappa shape index (κ1) is 21.9. The van der Waals surface area contributed by atoms with Gasteiger partial charge in [-0.15, -0.1) is 0 Å². The summed E-state index contributed by atoms with van der Waals surface area (Å²) in [7, 11) is -0.811. The van der Waals surface area contributed by atoms with Crippen LogP contribution in [-0.4, -0.2) is 47.7 Å². The van der Waals surface area contributed by atoms with Crippen molar-refractivity contribution in [1.29, 1.82) is 0 Å². The number of esters is 3. The first-order valence-electron chi connectivity index (χ1n) is 8.17. The average molecular weight is 421 g/mol. The van der Waals surface area contributed by atoms with Gasteiger partial charge in [-0.05, 0) is 48.9 Å². The van der Waals surface area contributed by atoms with Crippen molar-refractivity contribution in [1.82, 2.24) is 0 Å². The molecule has 0 aliphatic rings. The van der Waals surface area contributed by atoms with Crippen molar-refractivity contribution in [3.8, 4) is 0 Å². The second-order valence-electron chi connectivity index (χ2n) is 5.82. The standard InChI is InChI=1S/C19H19NO8S/c1-11-9-12(17(21)26-2)6-8-15(11)20-29(24,25)16-10-13(18(22)27-3)5-7-14(16)19(23)28-4/h5-10,20H,1-4H3. The van der Waals surface area contributed by atoms with Crippen LogP contribution in [0, 0.1) is 6.92 Å². The van der Waals surface area contributed by atoms with E-state index >= 15 is 0 Å². The van der Waals surface area contributed by atoms with Gasteiger partial charge in [0.1, 0.15) is 4.90 Å². The third-order valence-corrected chi connectivity index (χ3v) is 5.39. The van der Waals surface area contributed by atoms with Crippen molar-refractivity contribution in [2.24, 2.45) is 0 Å². The molecule has 154 valence electrons. The number of benzene rings is 2. The molecule has 0 saturated carbocycles. The average Bonchev–Trinajstić information content (AvgIpc) is 2.72. The smallest absolute Gasteiger partial charge is 0.339 e. The minimum Gasteiger partial charge on any atom is -0.465 e. The molecule has 2 aromatic carbocycles. The topological polar surface area (TPSA) is 125 Å². The van der Waals surface area contributed by atoms with Gasteiger partial charge in [-0.1, -0.05) is 0 Å². The molecule has 0 amide bonds. The number of methoxy groups -OCH3 is 3. The molecule has 0 spiro atoms. The van der Waals surface area contributed by atoms with E-state index in [9.17, 15) is 22.8 Å². The quantitative estimate of drug-likeness (QED) is 0.556. The van der Waals surface area contributed by atoms with Crippen molar-refractivity contribution in [2.75, 3.05) is 26.1 Å². The monoisotopic (exact) mass is 421 g/mol. The summed E-state index contributed by atoms with van der Waals surface area (Å²) in [5.74, 6) is -2.22. The van der Waals surface area contributed by atoms with E-state index in [-0.39, 0.29) is 22.4 Å². The molecule has 0 saturated heterocycles. The molecule has 0 aromatic heterocycles. The number of aryl methyl sites for hydroxylation is 1. The molecule has 0 bridgehead atoms. The first-order chi connectivity index (χ1) is 13.6. The van der Waals surface area contributed by atoms with Gasteiger partial charge < -0.3 is 14.2 Å². The van der Waals surface area contributed by atoms with E-state index in [2.05, 4.69) is 18.9 Å². The van der Waals surface area contributed by atoms with Crippen molar-refractivity contribution in [2.45, 2.75) is 11.8 Å². The second-order valence-corrected chi connectivity index (χ2v) is 7.47. The Bertz CT molecular complexity index is 1080. The molecule has 0 aliphatic heterocycles. The van der Waals surface area contributed by atoms with Gasteiger partial charge in [-0.3, -0.25) is 4.72 Å². The summed E-state index contributed by atoms with van der Waals surface area (Å²) in [6, 6.07) is 7.69. The zero-order chi connectivity index (χ0) is 21.8. The summed E-state index contributed by atoms with van der Waals surface area (Å²) in [6.45, 7) is 1.59. The van der Waals surface area contributed by atoms with Crippen molar-refractivity contribution >= 4 is 33.6 Å². The van der Waals surface area contributed by atoms with Crippen LogP contribution >= 0.6 is 0 Å². The molecule has 2 rings (SSSR count). The van der Waals surface area contributed by atoms with Gasteiger partial charge in [-0.25, -0.2) is 22.8 Å². The third-order valence-electron chi connectivity index (χ3n) is 3.99. The predicted molar refractivity (Wildman–Crippen MR) is 102 cm³/mol.